The van der Waals surface area contributed by atoms with Crippen molar-refractivity contribution in [3.63, 3.8) is 0 Å². The van der Waals surface area contributed by atoms with Crippen molar-refractivity contribution in [2.24, 2.45) is 5.92 Å². The van der Waals surface area contributed by atoms with Gasteiger partial charge in [0.15, 0.2) is 5.78 Å². The van der Waals surface area contributed by atoms with Crippen LogP contribution in [0, 0.1) is 5.92 Å². The maximum Gasteiger partial charge on any atom is 0.165 e. The fourth-order valence-electron chi connectivity index (χ4n) is 2.75. The zero-order valence-corrected chi connectivity index (χ0v) is 12.0. The molecule has 0 N–H and O–H groups in total. The summed E-state index contributed by atoms with van der Waals surface area (Å²) in [5, 5.41) is 0. The highest BCUT2D eigenvalue weighted by Crippen LogP contribution is 2.34. The lowest BCUT2D eigenvalue weighted by atomic mass is 10.0. The zero-order valence-electron chi connectivity index (χ0n) is 12.0. The van der Waals surface area contributed by atoms with E-state index in [-0.39, 0.29) is 11.7 Å². The van der Waals surface area contributed by atoms with Crippen LogP contribution in [-0.4, -0.2) is 12.3 Å². The molecule has 1 aliphatic heterocycles. The maximum atomic E-state index is 12.0. The number of hydrogen-bond acceptors (Lipinski definition) is 2. The van der Waals surface area contributed by atoms with Gasteiger partial charge in [-0.05, 0) is 42.3 Å². The average molecular weight is 265 g/mol. The van der Waals surface area contributed by atoms with Gasteiger partial charge in [0.25, 0.3) is 0 Å². The summed E-state index contributed by atoms with van der Waals surface area (Å²) in [6.45, 7) is 4.89. The quantitative estimate of drug-likeness (QED) is 0.774. The number of rotatable bonds is 3. The van der Waals surface area contributed by atoms with E-state index in [1.165, 1.54) is 11.3 Å². The Morgan fingerprint density at radius 2 is 1.75 bits per heavy atom. The van der Waals surface area contributed by atoms with Crippen molar-refractivity contribution in [1.82, 2.24) is 0 Å². The molecule has 1 heterocycles. The number of para-hydroxylation sites is 1. The predicted molar refractivity (Wildman–Crippen MR) is 82.8 cm³/mol. The van der Waals surface area contributed by atoms with Gasteiger partial charge in [-0.15, -0.1) is 0 Å². The van der Waals surface area contributed by atoms with Gasteiger partial charge < -0.3 is 4.90 Å². The summed E-state index contributed by atoms with van der Waals surface area (Å²) in [7, 11) is 0. The summed E-state index contributed by atoms with van der Waals surface area (Å²) in [6, 6.07) is 16.5. The minimum Gasteiger partial charge on any atom is -0.341 e. The first-order chi connectivity index (χ1) is 9.66. The monoisotopic (exact) mass is 265 g/mol. The number of Topliss-reactive ketones (excluding diaryl/α,β-unsaturated/α-hetero) is 1. The number of anilines is 2. The molecule has 0 fully saturated rings. The van der Waals surface area contributed by atoms with E-state index in [4.69, 9.17) is 0 Å². The molecule has 2 heteroatoms. The SMILES string of the molecule is CC(C)C(=O)c1ccc(N2CCc3ccccc32)cc1. The number of benzene rings is 2. The van der Waals surface area contributed by atoms with Crippen LogP contribution in [0.2, 0.25) is 0 Å². The molecule has 2 nitrogen and oxygen atoms in total. The summed E-state index contributed by atoms with van der Waals surface area (Å²) in [6.07, 6.45) is 1.09. The fourth-order valence-corrected chi connectivity index (χ4v) is 2.75. The standard InChI is InChI=1S/C18H19NO/c1-13(2)18(20)15-7-9-16(10-8-15)19-12-11-14-5-3-4-6-17(14)19/h3-10,13H,11-12H2,1-2H3. The van der Waals surface area contributed by atoms with Crippen molar-refractivity contribution < 1.29 is 4.79 Å². The Bertz CT molecular complexity index is 628. The maximum absolute atomic E-state index is 12.0. The van der Waals surface area contributed by atoms with Gasteiger partial charge in [0, 0.05) is 29.4 Å². The van der Waals surface area contributed by atoms with E-state index in [0.717, 1.165) is 24.2 Å². The first-order valence-corrected chi connectivity index (χ1v) is 7.16. The second-order valence-electron chi connectivity index (χ2n) is 5.60. The van der Waals surface area contributed by atoms with Crippen LogP contribution in [0.25, 0.3) is 0 Å². The molecular formula is C18H19NO. The molecule has 2 aromatic carbocycles. The molecule has 0 atom stereocenters. The van der Waals surface area contributed by atoms with Gasteiger partial charge in [0.2, 0.25) is 0 Å². The lowest BCUT2D eigenvalue weighted by Gasteiger charge is -2.19. The summed E-state index contributed by atoms with van der Waals surface area (Å²) in [5.41, 5.74) is 4.65. The number of fused-ring (bicyclic) bond motifs is 1. The number of carbonyl (C=O) groups is 1. The van der Waals surface area contributed by atoms with Crippen LogP contribution in [-0.2, 0) is 6.42 Å². The third kappa shape index (κ3) is 2.22. The van der Waals surface area contributed by atoms with Gasteiger partial charge >= 0.3 is 0 Å². The lowest BCUT2D eigenvalue weighted by molar-refractivity contribution is 0.0939. The van der Waals surface area contributed by atoms with E-state index in [1.807, 2.05) is 26.0 Å². The summed E-state index contributed by atoms with van der Waals surface area (Å²) >= 11 is 0. The largest absolute Gasteiger partial charge is 0.341 e. The topological polar surface area (TPSA) is 20.3 Å². The van der Waals surface area contributed by atoms with Crippen LogP contribution in [0.5, 0.6) is 0 Å². The van der Waals surface area contributed by atoms with Gasteiger partial charge in [-0.3, -0.25) is 4.79 Å². The Morgan fingerprint density at radius 1 is 1.05 bits per heavy atom. The van der Waals surface area contributed by atoms with Crippen molar-refractivity contribution in [3.8, 4) is 0 Å². The highest BCUT2D eigenvalue weighted by Gasteiger charge is 2.20. The summed E-state index contributed by atoms with van der Waals surface area (Å²) in [4.78, 5) is 14.3. The van der Waals surface area contributed by atoms with E-state index in [2.05, 4.69) is 41.3 Å². The number of nitrogens with zero attached hydrogens (tertiary/aromatic N) is 1. The van der Waals surface area contributed by atoms with Crippen molar-refractivity contribution in [1.29, 1.82) is 0 Å². The first-order valence-electron chi connectivity index (χ1n) is 7.16. The van der Waals surface area contributed by atoms with Crippen molar-refractivity contribution in [2.45, 2.75) is 20.3 Å². The lowest BCUT2D eigenvalue weighted by Crippen LogP contribution is -2.13. The van der Waals surface area contributed by atoms with E-state index in [0.29, 0.717) is 0 Å². The molecule has 2 aromatic rings. The van der Waals surface area contributed by atoms with Crippen molar-refractivity contribution >= 4 is 17.2 Å². The van der Waals surface area contributed by atoms with Gasteiger partial charge in [0.05, 0.1) is 0 Å². The van der Waals surface area contributed by atoms with Crippen LogP contribution in [0.3, 0.4) is 0 Å². The van der Waals surface area contributed by atoms with Crippen LogP contribution < -0.4 is 4.90 Å². The number of hydrogen-bond donors (Lipinski definition) is 0. The molecule has 0 aliphatic carbocycles. The predicted octanol–water partition coefficient (Wildman–Crippen LogP) is 4.22. The van der Waals surface area contributed by atoms with Gasteiger partial charge in [-0.25, -0.2) is 0 Å². The van der Waals surface area contributed by atoms with Crippen LogP contribution >= 0.6 is 0 Å². The van der Waals surface area contributed by atoms with Crippen molar-refractivity contribution in [2.75, 3.05) is 11.4 Å². The first kappa shape index (κ1) is 12.9. The highest BCUT2D eigenvalue weighted by atomic mass is 16.1. The molecule has 0 radical (unpaired) electrons. The Hall–Kier alpha value is -2.09. The molecule has 0 unspecified atom stereocenters. The molecule has 0 saturated carbocycles. The Labute approximate surface area is 120 Å². The third-order valence-corrected chi connectivity index (χ3v) is 3.88. The molecule has 0 saturated heterocycles. The molecule has 20 heavy (non-hydrogen) atoms. The minimum atomic E-state index is 0.0494. The number of ketones is 1. The second kappa shape index (κ2) is 5.12. The highest BCUT2D eigenvalue weighted by molar-refractivity contribution is 5.97. The van der Waals surface area contributed by atoms with Crippen LogP contribution in [0.15, 0.2) is 48.5 Å². The molecule has 3 rings (SSSR count). The fraction of sp³-hybridized carbons (Fsp3) is 0.278. The van der Waals surface area contributed by atoms with Crippen molar-refractivity contribution in [3.05, 3.63) is 59.7 Å². The summed E-state index contributed by atoms with van der Waals surface area (Å²) in [5.74, 6) is 0.256. The molecule has 0 aromatic heterocycles. The van der Waals surface area contributed by atoms with Gasteiger partial charge in [0.1, 0.15) is 0 Å². The molecule has 102 valence electrons. The Kier molecular flexibility index (Phi) is 3.31. The van der Waals surface area contributed by atoms with E-state index < -0.39 is 0 Å². The second-order valence-corrected chi connectivity index (χ2v) is 5.60. The van der Waals surface area contributed by atoms with Gasteiger partial charge in [-0.2, -0.15) is 0 Å². The third-order valence-electron chi connectivity index (χ3n) is 3.88. The normalized spacial score (nSPS) is 13.7. The minimum absolute atomic E-state index is 0.0494. The smallest absolute Gasteiger partial charge is 0.165 e. The molecular weight excluding hydrogens is 246 g/mol. The molecule has 0 amide bonds. The van der Waals surface area contributed by atoms with E-state index in [9.17, 15) is 4.79 Å². The zero-order chi connectivity index (χ0) is 14.1. The van der Waals surface area contributed by atoms with E-state index >= 15 is 0 Å². The number of carbonyl (C=O) groups excluding carboxylic acids is 1. The molecule has 1 aliphatic rings. The average Bonchev–Trinajstić information content (AvgIpc) is 2.90. The Balaban J connectivity index is 1.88. The van der Waals surface area contributed by atoms with E-state index in [1.54, 1.807) is 0 Å². The van der Waals surface area contributed by atoms with Gasteiger partial charge in [-0.1, -0.05) is 32.0 Å². The molecule has 0 spiro atoms. The summed E-state index contributed by atoms with van der Waals surface area (Å²) < 4.78 is 0. The van der Waals surface area contributed by atoms with Crippen LogP contribution in [0.4, 0.5) is 11.4 Å². The molecule has 0 bridgehead atoms. The Morgan fingerprint density at radius 3 is 2.45 bits per heavy atom. The van der Waals surface area contributed by atoms with Crippen LogP contribution in [0.1, 0.15) is 29.8 Å².